The molecule has 19 heavy (non-hydrogen) atoms. The van der Waals surface area contributed by atoms with Gasteiger partial charge in [-0.05, 0) is 54.6 Å². The van der Waals surface area contributed by atoms with Crippen LogP contribution in [0, 0.1) is 5.92 Å². The highest BCUT2D eigenvalue weighted by Gasteiger charge is 2.27. The zero-order valence-corrected chi connectivity index (χ0v) is 13.2. The van der Waals surface area contributed by atoms with Crippen LogP contribution in [0.1, 0.15) is 37.2 Å². The Labute approximate surface area is 123 Å². The Morgan fingerprint density at radius 3 is 3.00 bits per heavy atom. The van der Waals surface area contributed by atoms with Gasteiger partial charge in [0, 0.05) is 36.3 Å². The van der Waals surface area contributed by atoms with Crippen LogP contribution < -0.4 is 5.73 Å². The zero-order valence-electron chi connectivity index (χ0n) is 11.6. The van der Waals surface area contributed by atoms with Gasteiger partial charge in [-0.2, -0.15) is 0 Å². The van der Waals surface area contributed by atoms with Crippen LogP contribution in [0.5, 0.6) is 0 Å². The lowest BCUT2D eigenvalue weighted by Crippen LogP contribution is -2.45. The van der Waals surface area contributed by atoms with Crippen molar-refractivity contribution in [2.75, 3.05) is 13.1 Å². The molecular formula is C14H22BrN3O. The molecule has 2 N–H and O–H groups in total. The van der Waals surface area contributed by atoms with Gasteiger partial charge in [-0.15, -0.1) is 0 Å². The lowest BCUT2D eigenvalue weighted by molar-refractivity contribution is 0.0650. The summed E-state index contributed by atoms with van der Waals surface area (Å²) >= 11 is 3.44. The maximum atomic E-state index is 12.6. The standard InChI is InChI=1S/C14H22BrN3O/c1-3-17-9-12(15)7-13(17)14(19)18-6-4-5-11(8-18)10(2)16/h7,9-11H,3-6,8,16H2,1-2H3/t10-,11-/m0/s1. The van der Waals surface area contributed by atoms with Crippen molar-refractivity contribution in [1.82, 2.24) is 9.47 Å². The highest BCUT2D eigenvalue weighted by Crippen LogP contribution is 2.22. The molecule has 1 fully saturated rings. The number of amides is 1. The molecule has 1 aliphatic rings. The van der Waals surface area contributed by atoms with Crippen LogP contribution in [0.3, 0.4) is 0 Å². The van der Waals surface area contributed by atoms with E-state index in [0.29, 0.717) is 5.92 Å². The van der Waals surface area contributed by atoms with Gasteiger partial charge in [0.1, 0.15) is 5.69 Å². The maximum absolute atomic E-state index is 12.6. The molecule has 4 nitrogen and oxygen atoms in total. The number of nitrogens with zero attached hydrogens (tertiary/aromatic N) is 2. The largest absolute Gasteiger partial charge is 0.343 e. The fourth-order valence-corrected chi connectivity index (χ4v) is 3.17. The fourth-order valence-electron chi connectivity index (χ4n) is 2.70. The quantitative estimate of drug-likeness (QED) is 0.927. The van der Waals surface area contributed by atoms with Crippen molar-refractivity contribution in [2.24, 2.45) is 11.7 Å². The summed E-state index contributed by atoms with van der Waals surface area (Å²) in [7, 11) is 0. The van der Waals surface area contributed by atoms with Crippen LogP contribution in [-0.2, 0) is 6.54 Å². The van der Waals surface area contributed by atoms with Crippen molar-refractivity contribution in [2.45, 2.75) is 39.3 Å². The first-order chi connectivity index (χ1) is 9.02. The Morgan fingerprint density at radius 1 is 1.63 bits per heavy atom. The number of hydrogen-bond acceptors (Lipinski definition) is 2. The molecule has 2 heterocycles. The summed E-state index contributed by atoms with van der Waals surface area (Å²) in [4.78, 5) is 14.6. The monoisotopic (exact) mass is 327 g/mol. The number of likely N-dealkylation sites (tertiary alicyclic amines) is 1. The molecule has 2 atom stereocenters. The van der Waals surface area contributed by atoms with Gasteiger partial charge in [0.05, 0.1) is 0 Å². The highest BCUT2D eigenvalue weighted by atomic mass is 79.9. The van der Waals surface area contributed by atoms with Crippen LogP contribution >= 0.6 is 15.9 Å². The lowest BCUT2D eigenvalue weighted by Gasteiger charge is -2.34. The van der Waals surface area contributed by atoms with Gasteiger partial charge in [0.15, 0.2) is 0 Å². The predicted octanol–water partition coefficient (Wildman–Crippen LogP) is 2.47. The number of aromatic nitrogens is 1. The van der Waals surface area contributed by atoms with E-state index in [2.05, 4.69) is 15.9 Å². The van der Waals surface area contributed by atoms with Crippen molar-refractivity contribution in [1.29, 1.82) is 0 Å². The van der Waals surface area contributed by atoms with E-state index in [9.17, 15) is 4.79 Å². The molecule has 0 aromatic carbocycles. The number of rotatable bonds is 3. The Balaban J connectivity index is 2.14. The second kappa shape index (κ2) is 6.09. The van der Waals surface area contributed by atoms with E-state index in [1.165, 1.54) is 0 Å². The first-order valence-corrected chi connectivity index (χ1v) is 7.72. The summed E-state index contributed by atoms with van der Waals surface area (Å²) < 4.78 is 2.94. The average molecular weight is 328 g/mol. The first-order valence-electron chi connectivity index (χ1n) is 6.93. The van der Waals surface area contributed by atoms with Crippen molar-refractivity contribution in [3.8, 4) is 0 Å². The second-order valence-corrected chi connectivity index (χ2v) is 6.26. The molecule has 0 bridgehead atoms. The van der Waals surface area contributed by atoms with Crippen LogP contribution in [-0.4, -0.2) is 34.5 Å². The van der Waals surface area contributed by atoms with Crippen LogP contribution in [0.2, 0.25) is 0 Å². The third-order valence-corrected chi connectivity index (χ3v) is 4.35. The van der Waals surface area contributed by atoms with E-state index in [1.807, 2.05) is 35.6 Å². The molecule has 1 aromatic heterocycles. The number of piperidine rings is 1. The third kappa shape index (κ3) is 3.20. The molecule has 1 aliphatic heterocycles. The molecule has 0 saturated carbocycles. The number of carbonyl (C=O) groups excluding carboxylic acids is 1. The Morgan fingerprint density at radius 2 is 2.37 bits per heavy atom. The Hall–Kier alpha value is -0.810. The summed E-state index contributed by atoms with van der Waals surface area (Å²) in [6, 6.07) is 2.06. The molecule has 2 rings (SSSR count). The van der Waals surface area contributed by atoms with E-state index in [1.54, 1.807) is 0 Å². The third-order valence-electron chi connectivity index (χ3n) is 3.91. The molecule has 1 amide bonds. The summed E-state index contributed by atoms with van der Waals surface area (Å²) in [5.41, 5.74) is 6.74. The summed E-state index contributed by atoms with van der Waals surface area (Å²) in [6.45, 7) is 6.50. The maximum Gasteiger partial charge on any atom is 0.270 e. The predicted molar refractivity (Wildman–Crippen MR) is 80.1 cm³/mol. The minimum atomic E-state index is 0.123. The normalized spacial score (nSPS) is 21.5. The summed E-state index contributed by atoms with van der Waals surface area (Å²) in [5.74, 6) is 0.545. The number of aryl methyl sites for hydroxylation is 1. The molecule has 0 aliphatic carbocycles. The summed E-state index contributed by atoms with van der Waals surface area (Å²) in [5, 5.41) is 0. The van der Waals surface area contributed by atoms with E-state index >= 15 is 0 Å². The summed E-state index contributed by atoms with van der Waals surface area (Å²) in [6.07, 6.45) is 4.13. The molecular weight excluding hydrogens is 306 g/mol. The second-order valence-electron chi connectivity index (χ2n) is 5.34. The number of carbonyl (C=O) groups is 1. The Kier molecular flexibility index (Phi) is 4.68. The highest BCUT2D eigenvalue weighted by molar-refractivity contribution is 9.10. The smallest absolute Gasteiger partial charge is 0.270 e. The van der Waals surface area contributed by atoms with Crippen molar-refractivity contribution < 1.29 is 4.79 Å². The minimum absolute atomic E-state index is 0.123. The molecule has 1 saturated heterocycles. The van der Waals surface area contributed by atoms with E-state index in [4.69, 9.17) is 5.73 Å². The van der Waals surface area contributed by atoms with E-state index in [0.717, 1.165) is 42.6 Å². The topological polar surface area (TPSA) is 51.3 Å². The molecule has 0 radical (unpaired) electrons. The molecule has 5 heteroatoms. The average Bonchev–Trinajstić information content (AvgIpc) is 2.79. The van der Waals surface area contributed by atoms with E-state index < -0.39 is 0 Å². The van der Waals surface area contributed by atoms with Crippen molar-refractivity contribution in [3.05, 3.63) is 22.4 Å². The molecule has 0 spiro atoms. The Bertz CT molecular complexity index is 456. The van der Waals surface area contributed by atoms with Crippen molar-refractivity contribution >= 4 is 21.8 Å². The fraction of sp³-hybridized carbons (Fsp3) is 0.643. The van der Waals surface area contributed by atoms with Crippen LogP contribution in [0.25, 0.3) is 0 Å². The molecule has 0 unspecified atom stereocenters. The van der Waals surface area contributed by atoms with Gasteiger partial charge in [-0.1, -0.05) is 0 Å². The molecule has 106 valence electrons. The van der Waals surface area contributed by atoms with E-state index in [-0.39, 0.29) is 11.9 Å². The van der Waals surface area contributed by atoms with Gasteiger partial charge < -0.3 is 15.2 Å². The number of hydrogen-bond donors (Lipinski definition) is 1. The minimum Gasteiger partial charge on any atom is -0.343 e. The van der Waals surface area contributed by atoms with Gasteiger partial charge in [0.25, 0.3) is 5.91 Å². The zero-order chi connectivity index (χ0) is 14.0. The van der Waals surface area contributed by atoms with Gasteiger partial charge >= 0.3 is 0 Å². The van der Waals surface area contributed by atoms with Gasteiger partial charge in [-0.3, -0.25) is 4.79 Å². The van der Waals surface area contributed by atoms with Crippen LogP contribution in [0.4, 0.5) is 0 Å². The SMILES string of the molecule is CCn1cc(Br)cc1C(=O)N1CCC[C@H]([C@H](C)N)C1. The van der Waals surface area contributed by atoms with Gasteiger partial charge in [0.2, 0.25) is 0 Å². The number of halogens is 1. The lowest BCUT2D eigenvalue weighted by atomic mass is 9.92. The van der Waals surface area contributed by atoms with Crippen LogP contribution in [0.15, 0.2) is 16.7 Å². The molecule has 1 aromatic rings. The first kappa shape index (κ1) is 14.6. The van der Waals surface area contributed by atoms with Gasteiger partial charge in [-0.25, -0.2) is 0 Å². The number of nitrogens with two attached hydrogens (primary N) is 1. The van der Waals surface area contributed by atoms with Crippen molar-refractivity contribution in [3.63, 3.8) is 0 Å².